The number of rotatable bonds is 1. The first kappa shape index (κ1) is 8.99. The van der Waals surface area contributed by atoms with Gasteiger partial charge in [-0.15, -0.1) is 0 Å². The number of amidine groups is 1. The van der Waals surface area contributed by atoms with Crippen molar-refractivity contribution < 1.29 is 9.60 Å². The SMILES string of the molecule is N/C(=N\O)c1cccc(Br)c1F. The van der Waals surface area contributed by atoms with Crippen LogP contribution in [0.4, 0.5) is 4.39 Å². The largest absolute Gasteiger partial charge is 0.409 e. The minimum absolute atomic E-state index is 0.0758. The van der Waals surface area contributed by atoms with Gasteiger partial charge in [-0.3, -0.25) is 0 Å². The van der Waals surface area contributed by atoms with Crippen LogP contribution in [0.3, 0.4) is 0 Å². The number of hydrogen-bond acceptors (Lipinski definition) is 2. The molecule has 64 valence electrons. The molecule has 0 heterocycles. The third-order valence-electron chi connectivity index (χ3n) is 1.34. The number of oxime groups is 1. The summed E-state index contributed by atoms with van der Waals surface area (Å²) in [5.41, 5.74) is 5.28. The molecule has 1 aromatic carbocycles. The lowest BCUT2D eigenvalue weighted by Crippen LogP contribution is -2.15. The number of halogens is 2. The van der Waals surface area contributed by atoms with Crippen LogP contribution in [-0.2, 0) is 0 Å². The van der Waals surface area contributed by atoms with Gasteiger partial charge in [0, 0.05) is 0 Å². The second kappa shape index (κ2) is 3.53. The van der Waals surface area contributed by atoms with Gasteiger partial charge in [-0.05, 0) is 28.1 Å². The summed E-state index contributed by atoms with van der Waals surface area (Å²) < 4.78 is 13.4. The third kappa shape index (κ3) is 1.55. The lowest BCUT2D eigenvalue weighted by Gasteiger charge is -2.00. The Bertz CT molecular complexity index is 327. The van der Waals surface area contributed by atoms with E-state index in [1.165, 1.54) is 12.1 Å². The van der Waals surface area contributed by atoms with Crippen LogP contribution in [0, 0.1) is 5.82 Å². The molecule has 0 spiro atoms. The summed E-state index contributed by atoms with van der Waals surface area (Å²) in [5.74, 6) is -0.776. The maximum atomic E-state index is 13.1. The lowest BCUT2D eigenvalue weighted by molar-refractivity contribution is 0.318. The summed E-state index contributed by atoms with van der Waals surface area (Å²) in [6.07, 6.45) is 0. The van der Waals surface area contributed by atoms with Gasteiger partial charge in [-0.1, -0.05) is 11.2 Å². The molecule has 0 aromatic heterocycles. The number of benzene rings is 1. The highest BCUT2D eigenvalue weighted by atomic mass is 79.9. The smallest absolute Gasteiger partial charge is 0.173 e. The highest BCUT2D eigenvalue weighted by molar-refractivity contribution is 9.10. The highest BCUT2D eigenvalue weighted by Gasteiger charge is 2.08. The van der Waals surface area contributed by atoms with Gasteiger partial charge in [0.1, 0.15) is 5.82 Å². The van der Waals surface area contributed by atoms with Crippen molar-refractivity contribution in [1.29, 1.82) is 0 Å². The van der Waals surface area contributed by atoms with Crippen molar-refractivity contribution in [2.45, 2.75) is 0 Å². The first-order valence-corrected chi connectivity index (χ1v) is 3.88. The van der Waals surface area contributed by atoms with E-state index in [4.69, 9.17) is 10.9 Å². The Morgan fingerprint density at radius 3 is 2.83 bits per heavy atom. The van der Waals surface area contributed by atoms with E-state index in [-0.39, 0.29) is 15.9 Å². The Hall–Kier alpha value is -1.10. The molecule has 0 bridgehead atoms. The van der Waals surface area contributed by atoms with Gasteiger partial charge in [-0.25, -0.2) is 4.39 Å². The summed E-state index contributed by atoms with van der Waals surface area (Å²) >= 11 is 2.98. The Morgan fingerprint density at radius 1 is 1.58 bits per heavy atom. The van der Waals surface area contributed by atoms with E-state index in [2.05, 4.69) is 21.1 Å². The van der Waals surface area contributed by atoms with Crippen LogP contribution < -0.4 is 5.73 Å². The van der Waals surface area contributed by atoms with Gasteiger partial charge in [0.2, 0.25) is 0 Å². The molecule has 0 atom stereocenters. The second-order valence-corrected chi connectivity index (χ2v) is 2.94. The zero-order valence-corrected chi connectivity index (χ0v) is 7.55. The summed E-state index contributed by atoms with van der Waals surface area (Å²) in [6.45, 7) is 0. The van der Waals surface area contributed by atoms with Crippen LogP contribution in [0.1, 0.15) is 5.56 Å². The van der Waals surface area contributed by atoms with Crippen molar-refractivity contribution in [3.05, 3.63) is 34.1 Å². The molecule has 12 heavy (non-hydrogen) atoms. The molecular formula is C7H6BrFN2O. The summed E-state index contributed by atoms with van der Waals surface area (Å²) in [5, 5.41) is 11.0. The summed E-state index contributed by atoms with van der Waals surface area (Å²) in [7, 11) is 0. The van der Waals surface area contributed by atoms with Gasteiger partial charge in [0.05, 0.1) is 10.0 Å². The van der Waals surface area contributed by atoms with E-state index in [9.17, 15) is 4.39 Å². The molecule has 3 N–H and O–H groups in total. The zero-order chi connectivity index (χ0) is 9.14. The fraction of sp³-hybridized carbons (Fsp3) is 0. The summed E-state index contributed by atoms with van der Waals surface area (Å²) in [6, 6.07) is 4.55. The first-order chi connectivity index (χ1) is 5.66. The van der Waals surface area contributed by atoms with Gasteiger partial charge >= 0.3 is 0 Å². The molecule has 0 fully saturated rings. The predicted octanol–water partition coefficient (Wildman–Crippen LogP) is 1.68. The molecule has 3 nitrogen and oxygen atoms in total. The van der Waals surface area contributed by atoms with Crippen molar-refractivity contribution in [2.24, 2.45) is 10.9 Å². The average Bonchev–Trinajstić information content (AvgIpc) is 2.08. The van der Waals surface area contributed by atoms with Crippen LogP contribution >= 0.6 is 15.9 Å². The lowest BCUT2D eigenvalue weighted by atomic mass is 10.2. The Kier molecular flexibility index (Phi) is 2.65. The van der Waals surface area contributed by atoms with Crippen LogP contribution in [0.5, 0.6) is 0 Å². The molecular weight excluding hydrogens is 227 g/mol. The van der Waals surface area contributed by atoms with E-state index in [1.54, 1.807) is 6.07 Å². The fourth-order valence-electron chi connectivity index (χ4n) is 0.755. The van der Waals surface area contributed by atoms with Crippen molar-refractivity contribution in [3.8, 4) is 0 Å². The predicted molar refractivity (Wildman–Crippen MR) is 46.6 cm³/mol. The Morgan fingerprint density at radius 2 is 2.25 bits per heavy atom. The van der Waals surface area contributed by atoms with Crippen LogP contribution in [-0.4, -0.2) is 11.0 Å². The van der Waals surface area contributed by atoms with E-state index < -0.39 is 5.82 Å². The molecule has 1 rings (SSSR count). The minimum Gasteiger partial charge on any atom is -0.409 e. The minimum atomic E-state index is -0.534. The number of nitrogens with zero attached hydrogens (tertiary/aromatic N) is 1. The fourth-order valence-corrected chi connectivity index (χ4v) is 1.12. The molecule has 0 unspecified atom stereocenters. The van der Waals surface area contributed by atoms with Crippen molar-refractivity contribution in [3.63, 3.8) is 0 Å². The topological polar surface area (TPSA) is 58.6 Å². The molecule has 0 saturated carbocycles. The highest BCUT2D eigenvalue weighted by Crippen LogP contribution is 2.17. The van der Waals surface area contributed by atoms with E-state index in [1.807, 2.05) is 0 Å². The molecule has 0 amide bonds. The monoisotopic (exact) mass is 232 g/mol. The van der Waals surface area contributed by atoms with Gasteiger partial charge in [0.25, 0.3) is 0 Å². The van der Waals surface area contributed by atoms with E-state index >= 15 is 0 Å². The quantitative estimate of drug-likeness (QED) is 0.335. The van der Waals surface area contributed by atoms with Gasteiger partial charge in [-0.2, -0.15) is 0 Å². The second-order valence-electron chi connectivity index (χ2n) is 2.09. The van der Waals surface area contributed by atoms with E-state index in [0.717, 1.165) is 0 Å². The van der Waals surface area contributed by atoms with Gasteiger partial charge < -0.3 is 10.9 Å². The zero-order valence-electron chi connectivity index (χ0n) is 5.96. The molecule has 0 saturated heterocycles. The molecule has 1 aromatic rings. The Labute approximate surface area is 76.8 Å². The average molecular weight is 233 g/mol. The van der Waals surface area contributed by atoms with Crippen LogP contribution in [0.2, 0.25) is 0 Å². The maximum absolute atomic E-state index is 13.1. The maximum Gasteiger partial charge on any atom is 0.173 e. The van der Waals surface area contributed by atoms with Crippen molar-refractivity contribution in [2.75, 3.05) is 0 Å². The van der Waals surface area contributed by atoms with Crippen molar-refractivity contribution in [1.82, 2.24) is 0 Å². The molecule has 5 heteroatoms. The molecule has 0 radical (unpaired) electrons. The summed E-state index contributed by atoms with van der Waals surface area (Å²) in [4.78, 5) is 0. The Balaban J connectivity index is 3.26. The van der Waals surface area contributed by atoms with Crippen molar-refractivity contribution >= 4 is 21.8 Å². The first-order valence-electron chi connectivity index (χ1n) is 3.08. The molecule has 0 aliphatic carbocycles. The standard InChI is InChI=1S/C7H6BrFN2O/c8-5-3-1-2-4(6(5)9)7(10)11-12/h1-3,12H,(H2,10,11). The number of nitrogens with two attached hydrogens (primary N) is 1. The van der Waals surface area contributed by atoms with Gasteiger partial charge in [0.15, 0.2) is 5.84 Å². The molecule has 0 aliphatic rings. The normalized spacial score (nSPS) is 11.7. The third-order valence-corrected chi connectivity index (χ3v) is 1.95. The molecule has 0 aliphatic heterocycles. The van der Waals surface area contributed by atoms with Crippen LogP contribution in [0.25, 0.3) is 0 Å². The van der Waals surface area contributed by atoms with E-state index in [0.29, 0.717) is 0 Å². The van der Waals surface area contributed by atoms with Crippen LogP contribution in [0.15, 0.2) is 27.8 Å². The number of hydrogen-bond donors (Lipinski definition) is 2.